The van der Waals surface area contributed by atoms with Crippen molar-refractivity contribution in [3.8, 4) is 5.75 Å². The zero-order chi connectivity index (χ0) is 13.7. The topological polar surface area (TPSA) is 57.0 Å². The van der Waals surface area contributed by atoms with E-state index in [1.165, 1.54) is 6.33 Å². The lowest BCUT2D eigenvalue weighted by Gasteiger charge is -2.06. The maximum Gasteiger partial charge on any atom is 0.164 e. The summed E-state index contributed by atoms with van der Waals surface area (Å²) < 4.78 is 7.30. The predicted molar refractivity (Wildman–Crippen MR) is 70.8 cm³/mol. The molecule has 0 saturated carbocycles. The monoisotopic (exact) mass is 259 g/mol. The number of ketones is 1. The minimum Gasteiger partial charge on any atom is -0.486 e. The van der Waals surface area contributed by atoms with Crippen molar-refractivity contribution >= 4 is 5.78 Å². The largest absolute Gasteiger partial charge is 0.486 e. The number of rotatable bonds is 6. The highest BCUT2D eigenvalue weighted by Crippen LogP contribution is 2.14. The Balaban J connectivity index is 1.88. The smallest absolute Gasteiger partial charge is 0.164 e. The number of benzene rings is 1. The van der Waals surface area contributed by atoms with Gasteiger partial charge in [0.15, 0.2) is 5.82 Å². The standard InChI is InChI=1S/C14H17N3O2/c1-11(18)3-4-12-5-7-13(8-6-12)19-9-14-15-10-16-17(14)2/h5-8,10H,3-4,9H2,1-2H3. The van der Waals surface area contributed by atoms with Crippen molar-refractivity contribution in [1.82, 2.24) is 14.8 Å². The molecule has 0 bridgehead atoms. The molecule has 0 spiro atoms. The molecule has 0 saturated heterocycles. The van der Waals surface area contributed by atoms with Gasteiger partial charge in [-0.05, 0) is 31.0 Å². The van der Waals surface area contributed by atoms with Crippen molar-refractivity contribution in [2.45, 2.75) is 26.4 Å². The molecule has 100 valence electrons. The molecule has 2 aromatic rings. The maximum absolute atomic E-state index is 10.9. The summed E-state index contributed by atoms with van der Waals surface area (Å²) in [5.41, 5.74) is 1.14. The summed E-state index contributed by atoms with van der Waals surface area (Å²) in [5, 5.41) is 3.98. The Bertz CT molecular complexity index is 546. The molecule has 0 atom stereocenters. The Morgan fingerprint density at radius 2 is 2.05 bits per heavy atom. The number of hydrogen-bond donors (Lipinski definition) is 0. The molecule has 0 N–H and O–H groups in total. The van der Waals surface area contributed by atoms with Crippen LogP contribution in [0.25, 0.3) is 0 Å². The SMILES string of the molecule is CC(=O)CCc1ccc(OCc2ncnn2C)cc1. The summed E-state index contributed by atoms with van der Waals surface area (Å²) in [4.78, 5) is 15.0. The minimum atomic E-state index is 0.211. The normalized spacial score (nSPS) is 10.4. The molecule has 19 heavy (non-hydrogen) atoms. The van der Waals surface area contributed by atoms with E-state index >= 15 is 0 Å². The van der Waals surface area contributed by atoms with Crippen molar-refractivity contribution in [3.63, 3.8) is 0 Å². The maximum atomic E-state index is 10.9. The quantitative estimate of drug-likeness (QED) is 0.795. The minimum absolute atomic E-state index is 0.211. The Labute approximate surface area is 112 Å². The molecule has 5 heteroatoms. The Morgan fingerprint density at radius 3 is 2.63 bits per heavy atom. The van der Waals surface area contributed by atoms with Crippen LogP contribution in [-0.2, 0) is 24.9 Å². The Hall–Kier alpha value is -2.17. The van der Waals surface area contributed by atoms with Gasteiger partial charge in [-0.3, -0.25) is 4.68 Å². The van der Waals surface area contributed by atoms with Crippen LogP contribution in [0.1, 0.15) is 24.7 Å². The molecule has 0 unspecified atom stereocenters. The van der Waals surface area contributed by atoms with Gasteiger partial charge in [-0.15, -0.1) is 0 Å². The van der Waals surface area contributed by atoms with Gasteiger partial charge in [-0.1, -0.05) is 12.1 Å². The van der Waals surface area contributed by atoms with E-state index in [0.29, 0.717) is 13.0 Å². The number of aromatic nitrogens is 3. The summed E-state index contributed by atoms with van der Waals surface area (Å²) in [6.07, 6.45) is 2.86. The van der Waals surface area contributed by atoms with Crippen LogP contribution in [0.5, 0.6) is 5.75 Å². The van der Waals surface area contributed by atoms with E-state index in [1.807, 2.05) is 31.3 Å². The number of aryl methyl sites for hydroxylation is 2. The first kappa shape index (κ1) is 13.3. The molecule has 0 radical (unpaired) electrons. The first-order valence-corrected chi connectivity index (χ1v) is 6.19. The van der Waals surface area contributed by atoms with Gasteiger partial charge in [-0.2, -0.15) is 5.10 Å². The molecule has 1 heterocycles. The van der Waals surface area contributed by atoms with E-state index in [1.54, 1.807) is 11.6 Å². The van der Waals surface area contributed by atoms with Gasteiger partial charge >= 0.3 is 0 Å². The van der Waals surface area contributed by atoms with Crippen LogP contribution in [0.15, 0.2) is 30.6 Å². The fraction of sp³-hybridized carbons (Fsp3) is 0.357. The third kappa shape index (κ3) is 3.91. The highest BCUT2D eigenvalue weighted by atomic mass is 16.5. The molecule has 5 nitrogen and oxygen atoms in total. The Morgan fingerprint density at radius 1 is 1.32 bits per heavy atom. The van der Waals surface area contributed by atoms with Crippen molar-refractivity contribution in [2.75, 3.05) is 0 Å². The second-order valence-corrected chi connectivity index (χ2v) is 4.43. The van der Waals surface area contributed by atoms with Crippen LogP contribution < -0.4 is 4.74 Å². The number of nitrogens with zero attached hydrogens (tertiary/aromatic N) is 3. The zero-order valence-electron chi connectivity index (χ0n) is 11.2. The third-order valence-corrected chi connectivity index (χ3v) is 2.86. The van der Waals surface area contributed by atoms with Crippen molar-refractivity contribution in [2.24, 2.45) is 7.05 Å². The highest BCUT2D eigenvalue weighted by Gasteiger charge is 2.02. The van der Waals surface area contributed by atoms with Gasteiger partial charge in [-0.25, -0.2) is 4.98 Å². The van der Waals surface area contributed by atoms with E-state index < -0.39 is 0 Å². The van der Waals surface area contributed by atoms with Crippen molar-refractivity contribution in [3.05, 3.63) is 42.0 Å². The van der Waals surface area contributed by atoms with Gasteiger partial charge in [0, 0.05) is 13.5 Å². The lowest BCUT2D eigenvalue weighted by atomic mass is 10.1. The second-order valence-electron chi connectivity index (χ2n) is 4.43. The van der Waals surface area contributed by atoms with Crippen molar-refractivity contribution in [1.29, 1.82) is 0 Å². The fourth-order valence-corrected chi connectivity index (χ4v) is 1.67. The van der Waals surface area contributed by atoms with Crippen molar-refractivity contribution < 1.29 is 9.53 Å². The van der Waals surface area contributed by atoms with Gasteiger partial charge in [0.1, 0.15) is 24.5 Å². The molecular formula is C14H17N3O2. The van der Waals surface area contributed by atoms with Gasteiger partial charge in [0.2, 0.25) is 0 Å². The van der Waals surface area contributed by atoms with E-state index in [9.17, 15) is 4.79 Å². The Kier molecular flexibility index (Phi) is 4.28. The van der Waals surface area contributed by atoms with Crippen LogP contribution in [0.2, 0.25) is 0 Å². The lowest BCUT2D eigenvalue weighted by Crippen LogP contribution is -2.04. The fourth-order valence-electron chi connectivity index (χ4n) is 1.67. The van der Waals surface area contributed by atoms with Crippen LogP contribution >= 0.6 is 0 Å². The van der Waals surface area contributed by atoms with E-state index in [4.69, 9.17) is 4.74 Å². The average Bonchev–Trinajstić information content (AvgIpc) is 2.81. The van der Waals surface area contributed by atoms with E-state index in [-0.39, 0.29) is 5.78 Å². The molecule has 0 aliphatic heterocycles. The number of hydrogen-bond acceptors (Lipinski definition) is 4. The predicted octanol–water partition coefficient (Wildman–Crippen LogP) is 1.92. The summed E-state index contributed by atoms with van der Waals surface area (Å²) in [5.74, 6) is 1.78. The molecule has 0 amide bonds. The van der Waals surface area contributed by atoms with Crippen LogP contribution in [0, 0.1) is 0 Å². The van der Waals surface area contributed by atoms with Gasteiger partial charge < -0.3 is 9.53 Å². The molecule has 0 aliphatic carbocycles. The van der Waals surface area contributed by atoms with Gasteiger partial charge in [0.05, 0.1) is 0 Å². The summed E-state index contributed by atoms with van der Waals surface area (Å²) >= 11 is 0. The molecule has 1 aromatic carbocycles. The van der Waals surface area contributed by atoms with Crippen LogP contribution in [0.3, 0.4) is 0 Å². The summed E-state index contributed by atoms with van der Waals surface area (Å²) in [6.45, 7) is 2.00. The van der Waals surface area contributed by atoms with E-state index in [2.05, 4.69) is 10.1 Å². The second kappa shape index (κ2) is 6.13. The number of Topliss-reactive ketones (excluding diaryl/α,β-unsaturated/α-hetero) is 1. The third-order valence-electron chi connectivity index (χ3n) is 2.86. The summed E-state index contributed by atoms with van der Waals surface area (Å²) in [7, 11) is 1.83. The summed E-state index contributed by atoms with van der Waals surface area (Å²) in [6, 6.07) is 7.78. The molecule has 2 rings (SSSR count). The molecule has 1 aromatic heterocycles. The lowest BCUT2D eigenvalue weighted by molar-refractivity contribution is -0.116. The molecular weight excluding hydrogens is 242 g/mol. The zero-order valence-corrected chi connectivity index (χ0v) is 11.2. The van der Waals surface area contributed by atoms with Crippen LogP contribution in [-0.4, -0.2) is 20.5 Å². The number of carbonyl (C=O) groups is 1. The number of carbonyl (C=O) groups excluding carboxylic acids is 1. The van der Waals surface area contributed by atoms with Gasteiger partial charge in [0.25, 0.3) is 0 Å². The highest BCUT2D eigenvalue weighted by molar-refractivity contribution is 5.75. The first-order valence-electron chi connectivity index (χ1n) is 6.19. The van der Waals surface area contributed by atoms with E-state index in [0.717, 1.165) is 23.6 Å². The first-order chi connectivity index (χ1) is 9.15. The average molecular weight is 259 g/mol. The molecule has 0 fully saturated rings. The van der Waals surface area contributed by atoms with Crippen LogP contribution in [0.4, 0.5) is 0 Å². The number of ether oxygens (including phenoxy) is 1. The molecule has 0 aliphatic rings.